The van der Waals surface area contributed by atoms with Crippen LogP contribution in [0.1, 0.15) is 25.1 Å². The summed E-state index contributed by atoms with van der Waals surface area (Å²) in [5, 5.41) is 3.41. The van der Waals surface area contributed by atoms with Gasteiger partial charge < -0.3 is 5.32 Å². The minimum atomic E-state index is 0.595. The molecule has 19 heavy (non-hydrogen) atoms. The van der Waals surface area contributed by atoms with Crippen molar-refractivity contribution in [1.82, 2.24) is 9.55 Å². The number of rotatable bonds is 4. The fraction of sp³-hybridized carbons (Fsp3) is 0.400. The van der Waals surface area contributed by atoms with E-state index in [-0.39, 0.29) is 0 Å². The van der Waals surface area contributed by atoms with Crippen LogP contribution in [0.4, 0.5) is 5.95 Å². The molecule has 0 bridgehead atoms. The first-order chi connectivity index (χ1) is 8.97. The molecule has 1 aromatic carbocycles. The van der Waals surface area contributed by atoms with E-state index in [1.54, 1.807) is 0 Å². The van der Waals surface area contributed by atoms with Crippen LogP contribution in [0.25, 0.3) is 5.69 Å². The number of benzene rings is 1. The second kappa shape index (κ2) is 5.78. The van der Waals surface area contributed by atoms with Gasteiger partial charge in [0, 0.05) is 22.9 Å². The van der Waals surface area contributed by atoms with Crippen molar-refractivity contribution in [2.75, 3.05) is 11.9 Å². The van der Waals surface area contributed by atoms with Crippen LogP contribution in [0.3, 0.4) is 0 Å². The van der Waals surface area contributed by atoms with Crippen LogP contribution in [-0.4, -0.2) is 16.1 Å². The third-order valence-electron chi connectivity index (χ3n) is 2.91. The smallest absolute Gasteiger partial charge is 0.207 e. The first-order valence-corrected chi connectivity index (χ1v) is 7.33. The normalized spacial score (nSPS) is 11.1. The molecule has 1 aromatic heterocycles. The highest BCUT2D eigenvalue weighted by Gasteiger charge is 2.08. The number of halogens is 1. The molecule has 0 fully saturated rings. The van der Waals surface area contributed by atoms with Gasteiger partial charge in [0.1, 0.15) is 0 Å². The number of anilines is 1. The molecule has 0 aliphatic rings. The van der Waals surface area contributed by atoms with Crippen molar-refractivity contribution in [3.8, 4) is 5.69 Å². The van der Waals surface area contributed by atoms with Crippen molar-refractivity contribution in [2.24, 2.45) is 5.92 Å². The van der Waals surface area contributed by atoms with Gasteiger partial charge in [-0.25, -0.2) is 4.98 Å². The summed E-state index contributed by atoms with van der Waals surface area (Å²) in [6.45, 7) is 9.42. The molecule has 0 spiro atoms. The molecule has 0 unspecified atom stereocenters. The number of hydrogen-bond donors (Lipinski definition) is 1. The van der Waals surface area contributed by atoms with Crippen LogP contribution >= 0.6 is 15.9 Å². The lowest BCUT2D eigenvalue weighted by atomic mass is 10.2. The van der Waals surface area contributed by atoms with Crippen LogP contribution < -0.4 is 5.32 Å². The third kappa shape index (κ3) is 3.38. The summed E-state index contributed by atoms with van der Waals surface area (Å²) in [4.78, 5) is 4.55. The lowest BCUT2D eigenvalue weighted by molar-refractivity contribution is 0.683. The van der Waals surface area contributed by atoms with Crippen molar-refractivity contribution >= 4 is 21.9 Å². The predicted molar refractivity (Wildman–Crippen MR) is 84.1 cm³/mol. The van der Waals surface area contributed by atoms with E-state index in [0.717, 1.165) is 28.3 Å². The Bertz CT molecular complexity index is 573. The molecule has 1 N–H and O–H groups in total. The zero-order valence-electron chi connectivity index (χ0n) is 11.9. The topological polar surface area (TPSA) is 29.9 Å². The summed E-state index contributed by atoms with van der Waals surface area (Å²) in [5.74, 6) is 1.50. The number of imidazole rings is 1. The monoisotopic (exact) mass is 321 g/mol. The maximum atomic E-state index is 4.55. The van der Waals surface area contributed by atoms with Crippen LogP contribution in [0.5, 0.6) is 0 Å². The van der Waals surface area contributed by atoms with E-state index in [9.17, 15) is 0 Å². The van der Waals surface area contributed by atoms with E-state index >= 15 is 0 Å². The number of nitrogens with one attached hydrogen (secondary N) is 1. The molecular weight excluding hydrogens is 302 g/mol. The van der Waals surface area contributed by atoms with Gasteiger partial charge in [0.2, 0.25) is 5.95 Å². The van der Waals surface area contributed by atoms with Crippen LogP contribution in [0.2, 0.25) is 0 Å². The molecule has 0 radical (unpaired) electrons. The summed E-state index contributed by atoms with van der Waals surface area (Å²) in [5.41, 5.74) is 3.37. The third-order valence-corrected chi connectivity index (χ3v) is 3.80. The zero-order chi connectivity index (χ0) is 14.0. The summed E-state index contributed by atoms with van der Waals surface area (Å²) in [6.07, 6.45) is 2.06. The van der Waals surface area contributed by atoms with E-state index in [1.165, 1.54) is 5.56 Å². The summed E-state index contributed by atoms with van der Waals surface area (Å²) in [7, 11) is 0. The van der Waals surface area contributed by atoms with E-state index in [1.807, 2.05) is 6.92 Å². The quantitative estimate of drug-likeness (QED) is 0.908. The Morgan fingerprint density at radius 1 is 1.32 bits per heavy atom. The SMILES string of the molecule is Cc1cn(-c2ccc(Br)c(C)c2)c(NCC(C)C)n1. The number of aryl methyl sites for hydroxylation is 2. The lowest BCUT2D eigenvalue weighted by Gasteiger charge is -2.12. The summed E-state index contributed by atoms with van der Waals surface area (Å²) in [6, 6.07) is 6.33. The molecule has 0 aliphatic heterocycles. The molecule has 4 heteroatoms. The highest BCUT2D eigenvalue weighted by atomic mass is 79.9. The van der Waals surface area contributed by atoms with Gasteiger partial charge in [-0.05, 0) is 43.5 Å². The second-order valence-corrected chi connectivity index (χ2v) is 6.14. The molecule has 3 nitrogen and oxygen atoms in total. The van der Waals surface area contributed by atoms with E-state index in [4.69, 9.17) is 0 Å². The molecule has 0 amide bonds. The number of aromatic nitrogens is 2. The minimum Gasteiger partial charge on any atom is -0.355 e. The van der Waals surface area contributed by atoms with Gasteiger partial charge in [-0.3, -0.25) is 4.57 Å². The number of hydrogen-bond acceptors (Lipinski definition) is 2. The van der Waals surface area contributed by atoms with Gasteiger partial charge in [-0.15, -0.1) is 0 Å². The van der Waals surface area contributed by atoms with Gasteiger partial charge in [-0.2, -0.15) is 0 Å². The first-order valence-electron chi connectivity index (χ1n) is 6.53. The maximum Gasteiger partial charge on any atom is 0.207 e. The van der Waals surface area contributed by atoms with Crippen molar-refractivity contribution in [1.29, 1.82) is 0 Å². The van der Waals surface area contributed by atoms with Crippen LogP contribution in [0.15, 0.2) is 28.9 Å². The number of nitrogens with zero attached hydrogens (tertiary/aromatic N) is 2. The predicted octanol–water partition coefficient (Wildman–Crippen LogP) is 4.32. The molecule has 2 rings (SSSR count). The minimum absolute atomic E-state index is 0.595. The van der Waals surface area contributed by atoms with E-state index in [2.05, 4.69) is 76.0 Å². The van der Waals surface area contributed by atoms with Crippen LogP contribution in [-0.2, 0) is 0 Å². The van der Waals surface area contributed by atoms with Crippen LogP contribution in [0, 0.1) is 19.8 Å². The average Bonchev–Trinajstić information content (AvgIpc) is 2.71. The second-order valence-electron chi connectivity index (χ2n) is 5.28. The van der Waals surface area contributed by atoms with Gasteiger partial charge in [0.25, 0.3) is 0 Å². The Labute approximate surface area is 123 Å². The fourth-order valence-electron chi connectivity index (χ4n) is 1.89. The van der Waals surface area contributed by atoms with Gasteiger partial charge in [0.15, 0.2) is 0 Å². The fourth-order valence-corrected chi connectivity index (χ4v) is 2.14. The molecule has 1 heterocycles. The Kier molecular flexibility index (Phi) is 4.30. The van der Waals surface area contributed by atoms with Gasteiger partial charge >= 0.3 is 0 Å². The first kappa shape index (κ1) is 14.1. The summed E-state index contributed by atoms with van der Waals surface area (Å²) >= 11 is 3.53. The Morgan fingerprint density at radius 2 is 2.05 bits per heavy atom. The maximum absolute atomic E-state index is 4.55. The Morgan fingerprint density at radius 3 is 2.68 bits per heavy atom. The van der Waals surface area contributed by atoms with Gasteiger partial charge in [0.05, 0.1) is 5.69 Å². The van der Waals surface area contributed by atoms with Crippen molar-refractivity contribution in [3.63, 3.8) is 0 Å². The van der Waals surface area contributed by atoms with Crippen molar-refractivity contribution in [2.45, 2.75) is 27.7 Å². The molecule has 2 aromatic rings. The lowest BCUT2D eigenvalue weighted by Crippen LogP contribution is -2.12. The standard InChI is InChI=1S/C15H20BrN3/c1-10(2)8-17-15-18-12(4)9-19(15)13-5-6-14(16)11(3)7-13/h5-7,9-10H,8H2,1-4H3,(H,17,18). The van der Waals surface area contributed by atoms with E-state index < -0.39 is 0 Å². The molecule has 102 valence electrons. The molecular formula is C15H20BrN3. The molecule has 0 saturated heterocycles. The highest BCUT2D eigenvalue weighted by Crippen LogP contribution is 2.22. The van der Waals surface area contributed by atoms with Gasteiger partial charge in [-0.1, -0.05) is 29.8 Å². The Hall–Kier alpha value is -1.29. The Balaban J connectivity index is 2.35. The van der Waals surface area contributed by atoms with E-state index in [0.29, 0.717) is 5.92 Å². The summed E-state index contributed by atoms with van der Waals surface area (Å²) < 4.78 is 3.24. The molecule has 0 saturated carbocycles. The zero-order valence-corrected chi connectivity index (χ0v) is 13.5. The average molecular weight is 322 g/mol. The van der Waals surface area contributed by atoms with Crippen molar-refractivity contribution in [3.05, 3.63) is 40.1 Å². The highest BCUT2D eigenvalue weighted by molar-refractivity contribution is 9.10. The molecule has 0 atom stereocenters. The molecule has 0 aliphatic carbocycles. The van der Waals surface area contributed by atoms with Crippen molar-refractivity contribution < 1.29 is 0 Å². The largest absolute Gasteiger partial charge is 0.355 e.